The molecule has 0 bridgehead atoms. The third kappa shape index (κ3) is 5.95. The number of nitrogens with zero attached hydrogens (tertiary/aromatic N) is 4. The summed E-state index contributed by atoms with van der Waals surface area (Å²) < 4.78 is 71.6. The van der Waals surface area contributed by atoms with E-state index in [0.717, 1.165) is 0 Å². The Kier molecular flexibility index (Phi) is 7.52. The van der Waals surface area contributed by atoms with E-state index in [0.29, 0.717) is 49.3 Å². The van der Waals surface area contributed by atoms with Crippen LogP contribution in [-0.4, -0.2) is 55.1 Å². The van der Waals surface area contributed by atoms with Gasteiger partial charge in [0.1, 0.15) is 6.17 Å². The van der Waals surface area contributed by atoms with Gasteiger partial charge in [0.15, 0.2) is 0 Å². The molecular weight excluding hydrogens is 469 g/mol. The highest BCUT2D eigenvalue weighted by Crippen LogP contribution is 2.26. The Balaban J connectivity index is 1.47. The number of hydrogen-bond acceptors (Lipinski definition) is 6. The van der Waals surface area contributed by atoms with Gasteiger partial charge >= 0.3 is 6.43 Å². The van der Waals surface area contributed by atoms with E-state index in [4.69, 9.17) is 4.42 Å². The van der Waals surface area contributed by atoms with Crippen molar-refractivity contribution in [1.29, 1.82) is 0 Å². The molecule has 182 valence electrons. The van der Waals surface area contributed by atoms with E-state index < -0.39 is 28.5 Å². The Bertz CT molecular complexity index is 1170. The van der Waals surface area contributed by atoms with Gasteiger partial charge in [-0.1, -0.05) is 30.3 Å². The Morgan fingerprint density at radius 2 is 1.82 bits per heavy atom. The maximum Gasteiger partial charge on any atom is 0.314 e. The first-order chi connectivity index (χ1) is 16.3. The maximum atomic E-state index is 13.4. The normalized spacial score (nSPS) is 16.9. The minimum atomic E-state index is -3.66. The first-order valence-electron chi connectivity index (χ1n) is 10.9. The average Bonchev–Trinajstić information content (AvgIpc) is 3.48. The summed E-state index contributed by atoms with van der Waals surface area (Å²) in [6.07, 6.45) is -2.80. The molecule has 1 atom stereocenters. The van der Waals surface area contributed by atoms with Crippen LogP contribution >= 0.6 is 0 Å². The maximum absolute atomic E-state index is 13.4. The topological polar surface area (TPSA) is 79.5 Å². The summed E-state index contributed by atoms with van der Waals surface area (Å²) in [5, 5.41) is 6.94. The van der Waals surface area contributed by atoms with E-state index in [9.17, 15) is 21.6 Å². The Labute approximate surface area is 196 Å². The fourth-order valence-corrected chi connectivity index (χ4v) is 5.37. The summed E-state index contributed by atoms with van der Waals surface area (Å²) >= 11 is 0. The lowest BCUT2D eigenvalue weighted by Crippen LogP contribution is -2.34. The van der Waals surface area contributed by atoms with Crippen molar-refractivity contribution in [2.24, 2.45) is 0 Å². The number of hydrogen-bond donors (Lipinski definition) is 0. The van der Waals surface area contributed by atoms with Crippen molar-refractivity contribution in [2.75, 3.05) is 29.7 Å². The summed E-state index contributed by atoms with van der Waals surface area (Å²) in [6, 6.07) is 15.4. The van der Waals surface area contributed by atoms with Crippen molar-refractivity contribution < 1.29 is 26.0 Å². The third-order valence-electron chi connectivity index (χ3n) is 5.63. The van der Waals surface area contributed by atoms with Crippen molar-refractivity contribution in [2.45, 2.75) is 32.0 Å². The van der Waals surface area contributed by atoms with Gasteiger partial charge in [0.25, 0.3) is 5.89 Å². The standard InChI is InChI=1S/C23H25F3N4O3S/c24-19-11-13-29(16-19)12-4-14-34(31,32)30(20-5-2-1-3-6-20)15-17-7-9-18(10-8-17)22-27-28-23(33-22)21(25)26/h1-3,5-10,19,21H,4,11-16H2. The number of benzene rings is 2. The van der Waals surface area contributed by atoms with Gasteiger partial charge in [0.2, 0.25) is 15.9 Å². The van der Waals surface area contributed by atoms with Crippen molar-refractivity contribution in [3.63, 3.8) is 0 Å². The van der Waals surface area contributed by atoms with Crippen LogP contribution in [0.15, 0.2) is 59.0 Å². The molecule has 1 aliphatic rings. The van der Waals surface area contributed by atoms with Gasteiger partial charge in [-0.3, -0.25) is 4.31 Å². The second-order valence-electron chi connectivity index (χ2n) is 8.14. The lowest BCUT2D eigenvalue weighted by atomic mass is 10.1. The van der Waals surface area contributed by atoms with Gasteiger partial charge in [-0.25, -0.2) is 12.8 Å². The number of aromatic nitrogens is 2. The van der Waals surface area contributed by atoms with Gasteiger partial charge in [0, 0.05) is 18.7 Å². The molecule has 34 heavy (non-hydrogen) atoms. The SMILES string of the molecule is O=S(=O)(CCCN1CCC(F)C1)N(Cc1ccc(-c2nnc(C(F)F)o2)cc1)c1ccccc1. The molecule has 3 aromatic rings. The molecule has 0 saturated carbocycles. The predicted octanol–water partition coefficient (Wildman–Crippen LogP) is 4.44. The zero-order valence-electron chi connectivity index (χ0n) is 18.4. The summed E-state index contributed by atoms with van der Waals surface area (Å²) in [5.74, 6) is -0.852. The summed E-state index contributed by atoms with van der Waals surface area (Å²) in [7, 11) is -3.66. The zero-order valence-corrected chi connectivity index (χ0v) is 19.2. The molecule has 4 rings (SSSR count). The highest BCUT2D eigenvalue weighted by atomic mass is 32.2. The zero-order chi connectivity index (χ0) is 24.1. The number of anilines is 1. The molecule has 2 aromatic carbocycles. The monoisotopic (exact) mass is 494 g/mol. The number of halogens is 3. The van der Waals surface area contributed by atoms with E-state index in [1.807, 2.05) is 11.0 Å². The van der Waals surface area contributed by atoms with E-state index in [-0.39, 0.29) is 18.2 Å². The number of likely N-dealkylation sites (tertiary alicyclic amines) is 1. The highest BCUT2D eigenvalue weighted by molar-refractivity contribution is 7.92. The Morgan fingerprint density at radius 3 is 2.44 bits per heavy atom. The van der Waals surface area contributed by atoms with Crippen LogP contribution in [0.1, 0.15) is 30.7 Å². The van der Waals surface area contributed by atoms with Gasteiger partial charge < -0.3 is 9.32 Å². The van der Waals surface area contributed by atoms with Crippen LogP contribution in [0.25, 0.3) is 11.5 Å². The number of sulfonamides is 1. The molecule has 1 aromatic heterocycles. The van der Waals surface area contributed by atoms with Crippen LogP contribution in [0.3, 0.4) is 0 Å². The third-order valence-corrected chi connectivity index (χ3v) is 7.44. The molecule has 2 heterocycles. The first kappa shape index (κ1) is 24.2. The average molecular weight is 495 g/mol. The fourth-order valence-electron chi connectivity index (χ4n) is 3.87. The van der Waals surface area contributed by atoms with Crippen molar-refractivity contribution in [3.05, 3.63) is 66.1 Å². The molecule has 0 radical (unpaired) electrons. The molecule has 7 nitrogen and oxygen atoms in total. The molecule has 0 N–H and O–H groups in total. The molecule has 1 fully saturated rings. The van der Waals surface area contributed by atoms with Crippen molar-refractivity contribution in [3.8, 4) is 11.5 Å². The van der Waals surface area contributed by atoms with Gasteiger partial charge in [-0.15, -0.1) is 10.2 Å². The van der Waals surface area contributed by atoms with Crippen LogP contribution in [0.2, 0.25) is 0 Å². The second kappa shape index (κ2) is 10.6. The van der Waals surface area contributed by atoms with Crippen LogP contribution in [0, 0.1) is 0 Å². The van der Waals surface area contributed by atoms with Gasteiger partial charge in [-0.2, -0.15) is 8.78 Å². The largest absolute Gasteiger partial charge is 0.415 e. The molecule has 0 spiro atoms. The first-order valence-corrected chi connectivity index (χ1v) is 12.6. The van der Waals surface area contributed by atoms with E-state index in [1.54, 1.807) is 48.5 Å². The molecule has 1 saturated heterocycles. The van der Waals surface area contributed by atoms with Crippen molar-refractivity contribution >= 4 is 15.7 Å². The van der Waals surface area contributed by atoms with Crippen LogP contribution in [0.4, 0.5) is 18.9 Å². The minimum Gasteiger partial charge on any atom is -0.415 e. The number of rotatable bonds is 10. The van der Waals surface area contributed by atoms with Crippen LogP contribution in [-0.2, 0) is 16.6 Å². The molecular formula is C23H25F3N4O3S. The van der Waals surface area contributed by atoms with E-state index in [2.05, 4.69) is 10.2 Å². The highest BCUT2D eigenvalue weighted by Gasteiger charge is 2.25. The lowest BCUT2D eigenvalue weighted by Gasteiger charge is -2.25. The van der Waals surface area contributed by atoms with Gasteiger partial charge in [0.05, 0.1) is 18.0 Å². The molecule has 11 heteroatoms. The summed E-state index contributed by atoms with van der Waals surface area (Å²) in [6.45, 7) is 1.62. The van der Waals surface area contributed by atoms with Crippen molar-refractivity contribution in [1.82, 2.24) is 15.1 Å². The van der Waals surface area contributed by atoms with E-state index >= 15 is 0 Å². The van der Waals surface area contributed by atoms with Gasteiger partial charge in [-0.05, 0) is 49.2 Å². The second-order valence-corrected chi connectivity index (χ2v) is 10.2. The number of alkyl halides is 3. The Morgan fingerprint density at radius 1 is 1.09 bits per heavy atom. The molecule has 1 unspecified atom stereocenters. The number of para-hydroxylation sites is 1. The molecule has 0 amide bonds. The molecule has 1 aliphatic heterocycles. The summed E-state index contributed by atoms with van der Waals surface area (Å²) in [4.78, 5) is 1.95. The Hall–Kier alpha value is -2.92. The smallest absolute Gasteiger partial charge is 0.314 e. The van der Waals surface area contributed by atoms with E-state index in [1.165, 1.54) is 4.31 Å². The van der Waals surface area contributed by atoms with Crippen LogP contribution in [0.5, 0.6) is 0 Å². The summed E-state index contributed by atoms with van der Waals surface area (Å²) in [5.41, 5.74) is 1.69. The quantitative estimate of drug-likeness (QED) is 0.415. The molecule has 0 aliphatic carbocycles. The fraction of sp³-hybridized carbons (Fsp3) is 0.391. The van der Waals surface area contributed by atoms with Crippen LogP contribution < -0.4 is 4.31 Å². The predicted molar refractivity (Wildman–Crippen MR) is 122 cm³/mol. The lowest BCUT2D eigenvalue weighted by molar-refractivity contribution is 0.116. The minimum absolute atomic E-state index is 0.0354.